The first-order chi connectivity index (χ1) is 14.6. The summed E-state index contributed by atoms with van der Waals surface area (Å²) >= 11 is 5.67. The van der Waals surface area contributed by atoms with E-state index in [4.69, 9.17) is 17.3 Å². The maximum Gasteiger partial charge on any atom is 0.198 e. The summed E-state index contributed by atoms with van der Waals surface area (Å²) < 4.78 is 4.73. The highest BCUT2D eigenvalue weighted by Gasteiger charge is 2.16. The van der Waals surface area contributed by atoms with Crippen molar-refractivity contribution in [1.29, 1.82) is 0 Å². The number of hydrogen-bond acceptors (Lipinski definition) is 4. The molecule has 158 valence electrons. The molecule has 0 radical (unpaired) electrons. The van der Waals surface area contributed by atoms with Crippen LogP contribution < -0.4 is 4.90 Å². The van der Waals surface area contributed by atoms with Crippen LogP contribution in [0.5, 0.6) is 0 Å². The van der Waals surface area contributed by atoms with Gasteiger partial charge in [-0.3, -0.25) is 4.90 Å². The van der Waals surface area contributed by atoms with E-state index in [1.807, 2.05) is 22.4 Å². The van der Waals surface area contributed by atoms with Crippen molar-refractivity contribution >= 4 is 17.9 Å². The Labute approximate surface area is 184 Å². The van der Waals surface area contributed by atoms with E-state index in [2.05, 4.69) is 65.4 Å². The summed E-state index contributed by atoms with van der Waals surface area (Å²) in [5.74, 6) is 0.994. The first-order valence-electron chi connectivity index (χ1n) is 10.8. The lowest BCUT2D eigenvalue weighted by molar-refractivity contribution is 0.243. The molecular formula is C24H31N5S. The highest BCUT2D eigenvalue weighted by atomic mass is 32.1. The number of hydrogen-bond donors (Lipinski definition) is 0. The second-order valence-electron chi connectivity index (χ2n) is 8.25. The molecule has 0 unspecified atom stereocenters. The SMILES string of the molecule is CN(Cc1ccccc1N1CCCCC1)Cn1nc(Cc2ccccc2)n(C)c1=S. The molecule has 2 heterocycles. The molecule has 30 heavy (non-hydrogen) atoms. The van der Waals surface area contributed by atoms with Gasteiger partial charge in [-0.05, 0) is 55.7 Å². The lowest BCUT2D eigenvalue weighted by Gasteiger charge is -2.31. The zero-order valence-corrected chi connectivity index (χ0v) is 18.8. The molecule has 0 atom stereocenters. The van der Waals surface area contributed by atoms with Crippen molar-refractivity contribution in [3.05, 3.63) is 76.3 Å². The minimum Gasteiger partial charge on any atom is -0.371 e. The Balaban J connectivity index is 1.47. The van der Waals surface area contributed by atoms with Crippen molar-refractivity contribution in [2.24, 2.45) is 7.05 Å². The molecule has 3 aromatic rings. The monoisotopic (exact) mass is 421 g/mol. The average Bonchev–Trinajstić information content (AvgIpc) is 3.03. The van der Waals surface area contributed by atoms with E-state index in [1.54, 1.807) is 0 Å². The summed E-state index contributed by atoms with van der Waals surface area (Å²) in [4.78, 5) is 4.83. The molecule has 0 spiro atoms. The van der Waals surface area contributed by atoms with E-state index in [0.717, 1.165) is 36.7 Å². The van der Waals surface area contributed by atoms with E-state index in [1.165, 1.54) is 36.1 Å². The second-order valence-corrected chi connectivity index (χ2v) is 8.62. The fourth-order valence-corrected chi connectivity index (χ4v) is 4.42. The summed E-state index contributed by atoms with van der Waals surface area (Å²) in [6.07, 6.45) is 4.71. The molecule has 1 aliphatic rings. The van der Waals surface area contributed by atoms with Gasteiger partial charge in [-0.15, -0.1) is 0 Å². The maximum atomic E-state index is 5.67. The van der Waals surface area contributed by atoms with Gasteiger partial charge < -0.3 is 9.47 Å². The molecule has 1 saturated heterocycles. The number of aromatic nitrogens is 3. The van der Waals surface area contributed by atoms with E-state index in [0.29, 0.717) is 6.67 Å². The van der Waals surface area contributed by atoms with Gasteiger partial charge in [0.25, 0.3) is 0 Å². The number of rotatable bonds is 7. The minimum atomic E-state index is 0.676. The first kappa shape index (κ1) is 20.8. The lowest BCUT2D eigenvalue weighted by atomic mass is 10.1. The number of anilines is 1. The van der Waals surface area contributed by atoms with Gasteiger partial charge in [0.15, 0.2) is 4.77 Å². The summed E-state index contributed by atoms with van der Waals surface area (Å²) in [7, 11) is 4.15. The van der Waals surface area contributed by atoms with Crippen molar-refractivity contribution in [3.8, 4) is 0 Å². The number of nitrogens with zero attached hydrogens (tertiary/aromatic N) is 5. The Kier molecular flexibility index (Phi) is 6.65. The van der Waals surface area contributed by atoms with Crippen molar-refractivity contribution < 1.29 is 0 Å². The zero-order chi connectivity index (χ0) is 20.9. The van der Waals surface area contributed by atoms with E-state index >= 15 is 0 Å². The van der Waals surface area contributed by atoms with Crippen molar-refractivity contribution in [2.45, 2.75) is 38.9 Å². The smallest absolute Gasteiger partial charge is 0.198 e. The van der Waals surface area contributed by atoms with Crippen LogP contribution in [0.1, 0.15) is 36.2 Å². The molecule has 4 rings (SSSR count). The Bertz CT molecular complexity index is 1020. The Morgan fingerprint density at radius 1 is 0.967 bits per heavy atom. The summed E-state index contributed by atoms with van der Waals surface area (Å²) in [5, 5.41) is 4.82. The third-order valence-corrected chi connectivity index (χ3v) is 6.32. The number of benzene rings is 2. The van der Waals surface area contributed by atoms with Gasteiger partial charge in [-0.1, -0.05) is 48.5 Å². The lowest BCUT2D eigenvalue weighted by Crippen LogP contribution is -2.31. The third-order valence-electron chi connectivity index (χ3n) is 5.84. The topological polar surface area (TPSA) is 29.2 Å². The van der Waals surface area contributed by atoms with Crippen LogP contribution in [0.2, 0.25) is 0 Å². The molecule has 0 N–H and O–H groups in total. The van der Waals surface area contributed by atoms with Crippen LogP contribution in [-0.4, -0.2) is 39.4 Å². The zero-order valence-electron chi connectivity index (χ0n) is 18.0. The van der Waals surface area contributed by atoms with Gasteiger partial charge >= 0.3 is 0 Å². The van der Waals surface area contributed by atoms with Crippen LogP contribution in [0.4, 0.5) is 5.69 Å². The first-order valence-corrected chi connectivity index (χ1v) is 11.2. The van der Waals surface area contributed by atoms with Gasteiger partial charge in [0, 0.05) is 38.8 Å². The highest BCUT2D eigenvalue weighted by molar-refractivity contribution is 7.71. The highest BCUT2D eigenvalue weighted by Crippen LogP contribution is 2.25. The normalized spacial score (nSPS) is 14.4. The molecule has 1 aliphatic heterocycles. The Morgan fingerprint density at radius 2 is 1.67 bits per heavy atom. The molecule has 0 saturated carbocycles. The average molecular weight is 422 g/mol. The molecular weight excluding hydrogens is 390 g/mol. The van der Waals surface area contributed by atoms with E-state index < -0.39 is 0 Å². The van der Waals surface area contributed by atoms with Crippen LogP contribution in [0.3, 0.4) is 0 Å². The van der Waals surface area contributed by atoms with Gasteiger partial charge in [0.1, 0.15) is 5.82 Å². The number of piperidine rings is 1. The third kappa shape index (κ3) is 4.82. The van der Waals surface area contributed by atoms with Crippen molar-refractivity contribution in [1.82, 2.24) is 19.2 Å². The van der Waals surface area contributed by atoms with E-state index in [-0.39, 0.29) is 0 Å². The summed E-state index contributed by atoms with van der Waals surface area (Å²) in [6, 6.07) is 19.2. The predicted molar refractivity (Wildman–Crippen MR) is 125 cm³/mol. The standard InChI is InChI=1S/C24H31N5S/c1-26(18-21-13-7-8-14-22(21)28-15-9-4-10-16-28)19-29-24(30)27(2)23(25-29)17-20-11-5-3-6-12-20/h3,5-8,11-14H,4,9-10,15-19H2,1-2H3. The molecule has 2 aromatic carbocycles. The molecule has 0 aliphatic carbocycles. The molecule has 0 bridgehead atoms. The molecule has 6 heteroatoms. The summed E-state index contributed by atoms with van der Waals surface area (Å²) in [6.45, 7) is 3.87. The fraction of sp³-hybridized carbons (Fsp3) is 0.417. The van der Waals surface area contributed by atoms with E-state index in [9.17, 15) is 0 Å². The van der Waals surface area contributed by atoms with Crippen LogP contribution in [0, 0.1) is 4.77 Å². The van der Waals surface area contributed by atoms with Crippen LogP contribution in [0.25, 0.3) is 0 Å². The van der Waals surface area contributed by atoms with Gasteiger partial charge in [-0.25, -0.2) is 4.68 Å². The van der Waals surface area contributed by atoms with Crippen molar-refractivity contribution in [3.63, 3.8) is 0 Å². The van der Waals surface area contributed by atoms with Crippen molar-refractivity contribution in [2.75, 3.05) is 25.0 Å². The van der Waals surface area contributed by atoms with Gasteiger partial charge in [-0.2, -0.15) is 5.10 Å². The Morgan fingerprint density at radius 3 is 2.43 bits per heavy atom. The minimum absolute atomic E-state index is 0.676. The van der Waals surface area contributed by atoms with Gasteiger partial charge in [0.05, 0.1) is 6.67 Å². The number of para-hydroxylation sites is 1. The van der Waals surface area contributed by atoms with Crippen LogP contribution in [-0.2, 0) is 26.7 Å². The van der Waals surface area contributed by atoms with Gasteiger partial charge in [0.2, 0.25) is 0 Å². The van der Waals surface area contributed by atoms with Crippen LogP contribution >= 0.6 is 12.2 Å². The molecule has 5 nitrogen and oxygen atoms in total. The fourth-order valence-electron chi connectivity index (χ4n) is 4.21. The largest absolute Gasteiger partial charge is 0.371 e. The molecule has 1 aromatic heterocycles. The second kappa shape index (κ2) is 9.58. The maximum absolute atomic E-state index is 5.67. The molecule has 1 fully saturated rings. The summed E-state index contributed by atoms with van der Waals surface area (Å²) in [5.41, 5.74) is 3.99. The quantitative estimate of drug-likeness (QED) is 0.521. The van der Waals surface area contributed by atoms with Crippen LogP contribution in [0.15, 0.2) is 54.6 Å². The predicted octanol–water partition coefficient (Wildman–Crippen LogP) is 4.62. The molecule has 0 amide bonds. The Hall–Kier alpha value is -2.44.